The maximum absolute atomic E-state index is 12.4. The van der Waals surface area contributed by atoms with Gasteiger partial charge in [0, 0.05) is 17.5 Å². The second kappa shape index (κ2) is 4.55. The molecule has 0 aromatic carbocycles. The molecule has 17 heavy (non-hydrogen) atoms. The summed E-state index contributed by atoms with van der Waals surface area (Å²) in [6, 6.07) is 0. The normalized spacial score (nSPS) is 17.3. The second-order valence-electron chi connectivity index (χ2n) is 4.90. The molecule has 1 aliphatic rings. The van der Waals surface area contributed by atoms with Crippen molar-refractivity contribution < 1.29 is 18.0 Å². The minimum Gasteiger partial charge on any atom is -0.329 e. The zero-order valence-corrected chi connectivity index (χ0v) is 9.98. The molecule has 0 saturated heterocycles. The average Bonchev–Trinajstić information content (AvgIpc) is 2.15. The van der Waals surface area contributed by atoms with Gasteiger partial charge in [-0.2, -0.15) is 13.2 Å². The quantitative estimate of drug-likeness (QED) is 0.756. The molecule has 0 saturated carbocycles. The van der Waals surface area contributed by atoms with Crippen LogP contribution in [0, 0.1) is 11.8 Å². The van der Waals surface area contributed by atoms with Crippen molar-refractivity contribution in [3.63, 3.8) is 0 Å². The molecule has 0 atom stereocenters. The number of carbonyl (C=O) groups excluding carboxylic acids is 1. The Morgan fingerprint density at radius 3 is 2.35 bits per heavy atom. The molecule has 1 N–H and O–H groups in total. The van der Waals surface area contributed by atoms with Gasteiger partial charge in [0.25, 0.3) is 0 Å². The first-order chi connectivity index (χ1) is 7.60. The summed E-state index contributed by atoms with van der Waals surface area (Å²) in [5, 5.41) is 2.49. The van der Waals surface area contributed by atoms with E-state index in [9.17, 15) is 18.0 Å². The van der Waals surface area contributed by atoms with Crippen LogP contribution in [0.25, 0.3) is 0 Å². The van der Waals surface area contributed by atoms with Gasteiger partial charge in [0.15, 0.2) is 0 Å². The third-order valence-electron chi connectivity index (χ3n) is 2.25. The van der Waals surface area contributed by atoms with Crippen molar-refractivity contribution in [2.45, 2.75) is 33.4 Å². The Morgan fingerprint density at radius 1 is 1.29 bits per heavy atom. The van der Waals surface area contributed by atoms with E-state index in [1.54, 1.807) is 27.2 Å². The van der Waals surface area contributed by atoms with Crippen molar-refractivity contribution >= 4 is 5.91 Å². The number of carbonyl (C=O) groups is 1. The summed E-state index contributed by atoms with van der Waals surface area (Å²) in [5.74, 6) is -0.302. The van der Waals surface area contributed by atoms with Crippen LogP contribution in [-0.4, -0.2) is 12.1 Å². The predicted molar refractivity (Wildman–Crippen MR) is 58.7 cm³/mol. The minimum atomic E-state index is -4.37. The largest absolute Gasteiger partial charge is 0.416 e. The van der Waals surface area contributed by atoms with E-state index in [2.05, 4.69) is 5.32 Å². The first-order valence-corrected chi connectivity index (χ1v) is 5.24. The fourth-order valence-electron chi connectivity index (χ4n) is 1.20. The first kappa shape index (κ1) is 13.8. The lowest BCUT2D eigenvalue weighted by Crippen LogP contribution is -2.35. The zero-order chi connectivity index (χ0) is 13.3. The molecule has 2 nitrogen and oxygen atoms in total. The van der Waals surface area contributed by atoms with Gasteiger partial charge in [-0.3, -0.25) is 4.79 Å². The average molecular weight is 246 g/mol. The number of rotatable bonds is 1. The van der Waals surface area contributed by atoms with Gasteiger partial charge in [0.1, 0.15) is 0 Å². The lowest BCUT2D eigenvalue weighted by atomic mass is 9.94. The summed E-state index contributed by atoms with van der Waals surface area (Å²) in [7, 11) is 0. The number of allylic oxidation sites excluding steroid dienone is 4. The highest BCUT2D eigenvalue weighted by molar-refractivity contribution is 5.83. The summed E-state index contributed by atoms with van der Waals surface area (Å²) >= 11 is 0. The Labute approximate surface area is 98.6 Å². The van der Waals surface area contributed by atoms with Gasteiger partial charge in [0.05, 0.1) is 5.57 Å². The van der Waals surface area contributed by atoms with Crippen molar-refractivity contribution in [2.24, 2.45) is 5.41 Å². The van der Waals surface area contributed by atoms with E-state index in [1.165, 1.54) is 0 Å². The molecule has 0 aromatic rings. The van der Waals surface area contributed by atoms with Crippen LogP contribution in [0.15, 0.2) is 23.4 Å². The van der Waals surface area contributed by atoms with E-state index in [1.807, 2.05) is 0 Å². The lowest BCUT2D eigenvalue weighted by molar-refractivity contribution is -0.127. The summed E-state index contributed by atoms with van der Waals surface area (Å²) in [6.07, 6.45) is -0.601. The summed E-state index contributed by atoms with van der Waals surface area (Å²) in [6.45, 7) is 5.10. The summed E-state index contributed by atoms with van der Waals surface area (Å²) in [5.41, 5.74) is -1.14. The van der Waals surface area contributed by atoms with Gasteiger partial charge in [-0.25, -0.2) is 0 Å². The van der Waals surface area contributed by atoms with Crippen molar-refractivity contribution in [3.8, 4) is 0 Å². The Bertz CT molecular complexity index is 372. The van der Waals surface area contributed by atoms with Crippen LogP contribution >= 0.6 is 0 Å². The maximum Gasteiger partial charge on any atom is 0.416 e. The smallest absolute Gasteiger partial charge is 0.329 e. The van der Waals surface area contributed by atoms with E-state index >= 15 is 0 Å². The van der Waals surface area contributed by atoms with Gasteiger partial charge in [-0.05, 0) is 12.5 Å². The first-order valence-electron chi connectivity index (χ1n) is 5.24. The number of amides is 1. The third kappa shape index (κ3) is 3.91. The van der Waals surface area contributed by atoms with Crippen molar-refractivity contribution in [2.75, 3.05) is 0 Å². The molecule has 95 valence electrons. The summed E-state index contributed by atoms with van der Waals surface area (Å²) < 4.78 is 37.3. The van der Waals surface area contributed by atoms with E-state index in [0.29, 0.717) is 0 Å². The third-order valence-corrected chi connectivity index (χ3v) is 2.25. The zero-order valence-electron chi connectivity index (χ0n) is 9.98. The number of hydrogen-bond acceptors (Lipinski definition) is 1. The molecule has 0 heterocycles. The van der Waals surface area contributed by atoms with Crippen LogP contribution in [0.2, 0.25) is 0 Å². The topological polar surface area (TPSA) is 29.1 Å². The van der Waals surface area contributed by atoms with Crippen LogP contribution in [0.1, 0.15) is 27.2 Å². The van der Waals surface area contributed by atoms with Crippen molar-refractivity contribution in [1.82, 2.24) is 5.32 Å². The van der Waals surface area contributed by atoms with Crippen LogP contribution < -0.4 is 5.32 Å². The molecular formula is C12H15F3NO. The fourth-order valence-corrected chi connectivity index (χ4v) is 1.20. The molecule has 1 radical (unpaired) electrons. The Balaban J connectivity index is 2.78. The summed E-state index contributed by atoms with van der Waals surface area (Å²) in [4.78, 5) is 11.6. The number of halogens is 3. The molecule has 1 amide bonds. The molecular weight excluding hydrogens is 231 g/mol. The van der Waals surface area contributed by atoms with Gasteiger partial charge in [0.2, 0.25) is 5.91 Å². The predicted octanol–water partition coefficient (Wildman–Crippen LogP) is 3.13. The maximum atomic E-state index is 12.4. The Kier molecular flexibility index (Phi) is 3.69. The molecule has 0 fully saturated rings. The van der Waals surface area contributed by atoms with E-state index < -0.39 is 17.2 Å². The van der Waals surface area contributed by atoms with Gasteiger partial charge in [-0.1, -0.05) is 26.8 Å². The van der Waals surface area contributed by atoms with Gasteiger partial charge in [-0.15, -0.1) is 0 Å². The van der Waals surface area contributed by atoms with Crippen LogP contribution in [-0.2, 0) is 4.79 Å². The number of hydrogen-bond donors (Lipinski definition) is 1. The Morgan fingerprint density at radius 2 is 1.88 bits per heavy atom. The van der Waals surface area contributed by atoms with Crippen molar-refractivity contribution in [3.05, 3.63) is 29.8 Å². The minimum absolute atomic E-state index is 0.172. The molecule has 5 heteroatoms. The van der Waals surface area contributed by atoms with Gasteiger partial charge < -0.3 is 5.32 Å². The van der Waals surface area contributed by atoms with Gasteiger partial charge >= 0.3 is 6.18 Å². The highest BCUT2D eigenvalue weighted by Crippen LogP contribution is 2.30. The van der Waals surface area contributed by atoms with E-state index in [0.717, 1.165) is 12.2 Å². The number of alkyl halides is 3. The van der Waals surface area contributed by atoms with E-state index in [-0.39, 0.29) is 18.0 Å². The molecule has 0 bridgehead atoms. The molecule has 0 aliphatic heterocycles. The molecule has 0 aromatic heterocycles. The van der Waals surface area contributed by atoms with Crippen LogP contribution in [0.4, 0.5) is 13.2 Å². The highest BCUT2D eigenvalue weighted by Gasteiger charge is 2.33. The fraction of sp³-hybridized carbons (Fsp3) is 0.500. The van der Waals surface area contributed by atoms with Crippen LogP contribution in [0.3, 0.4) is 0 Å². The standard InChI is InChI=1S/C12H15F3NO/c1-11(2,3)10(17)16-9-6-4-5-8(7-9)12(13,14)15/h5-7H,4H2,1-3H3,(H,16,17). The van der Waals surface area contributed by atoms with Crippen molar-refractivity contribution in [1.29, 1.82) is 0 Å². The van der Waals surface area contributed by atoms with Crippen LogP contribution in [0.5, 0.6) is 0 Å². The SMILES string of the molecule is CC(C)(C)C(=O)NC1=CC(C(F)(F)F)=CC[CH]1. The molecule has 1 rings (SSSR count). The lowest BCUT2D eigenvalue weighted by Gasteiger charge is -2.21. The Hall–Kier alpha value is -1.26. The molecule has 0 spiro atoms. The molecule has 0 unspecified atom stereocenters. The van der Waals surface area contributed by atoms with E-state index in [4.69, 9.17) is 0 Å². The number of nitrogens with one attached hydrogen (secondary N) is 1. The highest BCUT2D eigenvalue weighted by atomic mass is 19.4. The second-order valence-corrected chi connectivity index (χ2v) is 4.90. The monoisotopic (exact) mass is 246 g/mol. The molecule has 1 aliphatic carbocycles.